The largest absolute Gasteiger partial charge is 0.360 e. The molecule has 0 bridgehead atoms. The molecule has 1 aliphatic carbocycles. The molecule has 136 valence electrons. The zero-order valence-electron chi connectivity index (χ0n) is 15.6. The number of hydrogen-bond donors (Lipinski definition) is 1. The Morgan fingerprint density at radius 1 is 1.27 bits per heavy atom. The van der Waals surface area contributed by atoms with Crippen LogP contribution < -0.4 is 0 Å². The number of thioether (sulfide) groups is 1. The molecule has 1 aromatic carbocycles. The topological polar surface area (TPSA) is 50.7 Å². The number of ketones is 1. The average Bonchev–Trinajstić information content (AvgIpc) is 3.35. The van der Waals surface area contributed by atoms with Gasteiger partial charge in [0.25, 0.3) is 0 Å². The van der Waals surface area contributed by atoms with Crippen molar-refractivity contribution in [3.63, 3.8) is 0 Å². The minimum Gasteiger partial charge on any atom is -0.360 e. The molecule has 0 unspecified atom stereocenters. The lowest BCUT2D eigenvalue weighted by Gasteiger charge is -2.18. The quantitative estimate of drug-likeness (QED) is 0.481. The van der Waals surface area contributed by atoms with Crippen LogP contribution in [-0.4, -0.2) is 25.6 Å². The number of benzene rings is 1. The van der Waals surface area contributed by atoms with Crippen molar-refractivity contribution in [3.05, 3.63) is 47.4 Å². The van der Waals surface area contributed by atoms with E-state index in [9.17, 15) is 4.79 Å². The van der Waals surface area contributed by atoms with Gasteiger partial charge in [0.1, 0.15) is 0 Å². The van der Waals surface area contributed by atoms with E-state index in [-0.39, 0.29) is 11.0 Å². The molecule has 4 rings (SSSR count). The second-order valence-corrected chi connectivity index (χ2v) is 8.55. The van der Waals surface area contributed by atoms with E-state index in [2.05, 4.69) is 23.4 Å². The molecular weight excluding hydrogens is 342 g/mol. The second kappa shape index (κ2) is 6.95. The number of hydrogen-bond acceptors (Lipinski definition) is 3. The van der Waals surface area contributed by atoms with Crippen LogP contribution >= 0.6 is 11.8 Å². The molecule has 4 nitrogen and oxygen atoms in total. The van der Waals surface area contributed by atoms with Crippen LogP contribution in [-0.2, 0) is 0 Å². The molecule has 0 radical (unpaired) electrons. The number of H-pyrrole nitrogens is 1. The SMILES string of the molecule is Cc1nc(S[C@H](C)C(=O)c2c[nH]c3ccccc23)n(C2CCCC2)c1C. The van der Waals surface area contributed by atoms with Crippen molar-refractivity contribution in [2.45, 2.75) is 62.9 Å². The van der Waals surface area contributed by atoms with Crippen molar-refractivity contribution >= 4 is 28.4 Å². The zero-order chi connectivity index (χ0) is 18.3. The first-order chi connectivity index (χ1) is 12.6. The fourth-order valence-corrected chi connectivity index (χ4v) is 5.12. The lowest BCUT2D eigenvalue weighted by molar-refractivity contribution is 0.0995. The minimum atomic E-state index is -0.171. The fourth-order valence-electron chi connectivity index (χ4n) is 3.98. The molecule has 1 saturated carbocycles. The van der Waals surface area contributed by atoms with Crippen molar-refractivity contribution in [1.29, 1.82) is 0 Å². The molecule has 0 spiro atoms. The number of fused-ring (bicyclic) bond motifs is 1. The van der Waals surface area contributed by atoms with Crippen molar-refractivity contribution in [2.24, 2.45) is 0 Å². The summed E-state index contributed by atoms with van der Waals surface area (Å²) >= 11 is 1.60. The number of aromatic amines is 1. The molecule has 2 aromatic heterocycles. The maximum absolute atomic E-state index is 13.1. The van der Waals surface area contributed by atoms with Crippen LogP contribution in [0, 0.1) is 13.8 Å². The Kier molecular flexibility index (Phi) is 4.65. The van der Waals surface area contributed by atoms with E-state index >= 15 is 0 Å². The van der Waals surface area contributed by atoms with Gasteiger partial charge in [-0.2, -0.15) is 0 Å². The summed E-state index contributed by atoms with van der Waals surface area (Å²) in [6.45, 7) is 6.21. The van der Waals surface area contributed by atoms with Crippen molar-refractivity contribution in [2.75, 3.05) is 0 Å². The molecule has 1 N–H and O–H groups in total. The Morgan fingerprint density at radius 2 is 2.00 bits per heavy atom. The van der Waals surface area contributed by atoms with Gasteiger partial charge in [-0.1, -0.05) is 42.8 Å². The van der Waals surface area contributed by atoms with Gasteiger partial charge in [-0.3, -0.25) is 4.79 Å². The third-order valence-electron chi connectivity index (χ3n) is 5.55. The summed E-state index contributed by atoms with van der Waals surface area (Å²) in [5.74, 6) is 0.156. The number of imidazole rings is 1. The summed E-state index contributed by atoms with van der Waals surface area (Å²) in [6.07, 6.45) is 6.85. The summed E-state index contributed by atoms with van der Waals surface area (Å²) < 4.78 is 2.38. The van der Waals surface area contributed by atoms with Crippen molar-refractivity contribution < 1.29 is 4.79 Å². The molecule has 1 fully saturated rings. The first-order valence-corrected chi connectivity index (χ1v) is 10.3. The number of aromatic nitrogens is 3. The van der Waals surface area contributed by atoms with Gasteiger partial charge >= 0.3 is 0 Å². The first kappa shape index (κ1) is 17.4. The lowest BCUT2D eigenvalue weighted by Crippen LogP contribution is -2.15. The Labute approximate surface area is 158 Å². The van der Waals surface area contributed by atoms with E-state index in [4.69, 9.17) is 4.98 Å². The predicted molar refractivity (Wildman–Crippen MR) is 107 cm³/mol. The van der Waals surface area contributed by atoms with Crippen LogP contribution in [0.1, 0.15) is 60.4 Å². The molecule has 1 atom stereocenters. The molecule has 26 heavy (non-hydrogen) atoms. The van der Waals surface area contributed by atoms with E-state index in [0.717, 1.165) is 27.3 Å². The highest BCUT2D eigenvalue weighted by Crippen LogP contribution is 2.37. The Morgan fingerprint density at radius 3 is 2.77 bits per heavy atom. The third-order valence-corrected chi connectivity index (χ3v) is 6.62. The number of carbonyl (C=O) groups is 1. The number of Topliss-reactive ketones (excluding diaryl/α,β-unsaturated/α-hetero) is 1. The minimum absolute atomic E-state index is 0.156. The maximum atomic E-state index is 13.1. The van der Waals surface area contributed by atoms with E-state index in [0.29, 0.717) is 6.04 Å². The maximum Gasteiger partial charge on any atom is 0.178 e. The molecular formula is C21H25N3OS. The van der Waals surface area contributed by atoms with Crippen molar-refractivity contribution in [3.8, 4) is 0 Å². The van der Waals surface area contributed by atoms with Crippen molar-refractivity contribution in [1.82, 2.24) is 14.5 Å². The lowest BCUT2D eigenvalue weighted by atomic mass is 10.1. The van der Waals surface area contributed by atoms with E-state index in [1.54, 1.807) is 11.8 Å². The average molecular weight is 368 g/mol. The van der Waals surface area contributed by atoms with E-state index in [1.807, 2.05) is 37.4 Å². The third kappa shape index (κ3) is 2.98. The van der Waals surface area contributed by atoms with Crippen LogP contribution in [0.15, 0.2) is 35.6 Å². The molecule has 2 heterocycles. The highest BCUT2D eigenvalue weighted by atomic mass is 32.2. The summed E-state index contributed by atoms with van der Waals surface area (Å²) in [4.78, 5) is 21.1. The predicted octanol–water partition coefficient (Wildman–Crippen LogP) is 5.46. The zero-order valence-corrected chi connectivity index (χ0v) is 16.4. The summed E-state index contributed by atoms with van der Waals surface area (Å²) in [7, 11) is 0. The number of para-hydroxylation sites is 1. The first-order valence-electron chi connectivity index (χ1n) is 9.38. The Hall–Kier alpha value is -2.01. The van der Waals surface area contributed by atoms with Gasteiger partial charge in [-0.05, 0) is 39.7 Å². The molecule has 1 aliphatic rings. The number of aryl methyl sites for hydroxylation is 1. The van der Waals surface area contributed by atoms with Crippen LogP contribution in [0.25, 0.3) is 10.9 Å². The van der Waals surface area contributed by atoms with Gasteiger partial charge in [-0.15, -0.1) is 0 Å². The highest BCUT2D eigenvalue weighted by molar-refractivity contribution is 8.00. The van der Waals surface area contributed by atoms with Crippen LogP contribution in [0.2, 0.25) is 0 Å². The van der Waals surface area contributed by atoms with E-state index < -0.39 is 0 Å². The number of nitrogens with zero attached hydrogens (tertiary/aromatic N) is 2. The standard InChI is InChI=1S/C21H25N3OS/c1-13-14(2)24(16-8-4-5-9-16)21(23-13)26-15(3)20(25)18-12-22-19-11-7-6-10-17(18)19/h6-7,10-12,15-16,22H,4-5,8-9H2,1-3H3/t15-/m1/s1. The van der Waals surface area contributed by atoms with Crippen LogP contribution in [0.3, 0.4) is 0 Å². The smallest absolute Gasteiger partial charge is 0.178 e. The number of carbonyl (C=O) groups excluding carboxylic acids is 1. The molecule has 5 heteroatoms. The van der Waals surface area contributed by atoms with Gasteiger partial charge in [0, 0.05) is 34.4 Å². The van der Waals surface area contributed by atoms with Crippen LogP contribution in [0.4, 0.5) is 0 Å². The van der Waals surface area contributed by atoms with Crippen LogP contribution in [0.5, 0.6) is 0 Å². The molecule has 0 amide bonds. The van der Waals surface area contributed by atoms with Gasteiger partial charge in [0.2, 0.25) is 0 Å². The number of rotatable bonds is 5. The Balaban J connectivity index is 1.61. The normalized spacial score (nSPS) is 16.4. The monoisotopic (exact) mass is 367 g/mol. The second-order valence-electron chi connectivity index (χ2n) is 7.25. The highest BCUT2D eigenvalue weighted by Gasteiger charge is 2.27. The van der Waals surface area contributed by atoms with Gasteiger partial charge < -0.3 is 9.55 Å². The number of nitrogens with one attached hydrogen (secondary N) is 1. The molecule has 3 aromatic rings. The van der Waals surface area contributed by atoms with Gasteiger partial charge in [0.15, 0.2) is 10.9 Å². The molecule has 0 saturated heterocycles. The summed E-state index contributed by atoms with van der Waals surface area (Å²) in [6, 6.07) is 8.50. The van der Waals surface area contributed by atoms with Gasteiger partial charge in [-0.25, -0.2) is 4.98 Å². The summed E-state index contributed by atoms with van der Waals surface area (Å²) in [5, 5.41) is 1.82. The summed E-state index contributed by atoms with van der Waals surface area (Å²) in [5.41, 5.74) is 4.09. The van der Waals surface area contributed by atoms with Gasteiger partial charge in [0.05, 0.1) is 10.9 Å². The molecule has 0 aliphatic heterocycles. The Bertz CT molecular complexity index is 949. The fraction of sp³-hybridized carbons (Fsp3) is 0.429. The van der Waals surface area contributed by atoms with E-state index in [1.165, 1.54) is 31.4 Å².